The van der Waals surface area contributed by atoms with Crippen molar-refractivity contribution in [1.29, 1.82) is 0 Å². The van der Waals surface area contributed by atoms with E-state index in [9.17, 15) is 13.2 Å². The predicted molar refractivity (Wildman–Crippen MR) is 55.2 cm³/mol. The third-order valence-electron chi connectivity index (χ3n) is 1.83. The molecule has 1 N–H and O–H groups in total. The third-order valence-corrected chi connectivity index (χ3v) is 1.83. The molecule has 0 spiro atoms. The van der Waals surface area contributed by atoms with E-state index in [1.54, 1.807) is 0 Å². The third kappa shape index (κ3) is 13.7. The number of unbranched alkanes of at least 4 members (excludes halogenated alkanes) is 1. The van der Waals surface area contributed by atoms with E-state index in [1.165, 1.54) is 0 Å². The molecule has 0 aromatic carbocycles. The Morgan fingerprint density at radius 3 is 2.31 bits per heavy atom. The smallest absolute Gasteiger partial charge is 0.381 e. The predicted octanol–water partition coefficient (Wildman–Crippen LogP) is 2.32. The van der Waals surface area contributed by atoms with Gasteiger partial charge < -0.3 is 10.1 Å². The van der Waals surface area contributed by atoms with Gasteiger partial charge in [-0.3, -0.25) is 4.74 Å². The van der Waals surface area contributed by atoms with Crippen LogP contribution in [0.4, 0.5) is 13.2 Å². The van der Waals surface area contributed by atoms with Crippen LogP contribution < -0.4 is 5.32 Å². The van der Waals surface area contributed by atoms with Crippen molar-refractivity contribution in [3.63, 3.8) is 0 Å². The highest BCUT2D eigenvalue weighted by Crippen LogP contribution is 2.14. The Balaban J connectivity index is 2.99. The summed E-state index contributed by atoms with van der Waals surface area (Å²) in [7, 11) is 0. The highest BCUT2D eigenvalue weighted by molar-refractivity contribution is 4.47. The first-order chi connectivity index (χ1) is 7.56. The van der Waals surface area contributed by atoms with Gasteiger partial charge in [-0.15, -0.1) is 13.2 Å². The first-order valence-electron chi connectivity index (χ1n) is 5.55. The molecule has 0 aliphatic carbocycles. The number of nitrogens with one attached hydrogen (secondary N) is 1. The number of halogens is 3. The maximum Gasteiger partial charge on any atom is 0.522 e. The standard InChI is InChI=1S/C10H20F3NO2/c1-2-3-7-15-8-4-5-14-6-9-16-10(11,12)13/h14H,2-9H2,1H3. The summed E-state index contributed by atoms with van der Waals surface area (Å²) in [6, 6.07) is 0. The summed E-state index contributed by atoms with van der Waals surface area (Å²) in [5.74, 6) is 0. The van der Waals surface area contributed by atoms with Crippen molar-refractivity contribution in [3.05, 3.63) is 0 Å². The van der Waals surface area contributed by atoms with Crippen LogP contribution in [-0.4, -0.2) is 39.3 Å². The molecule has 0 saturated heterocycles. The van der Waals surface area contributed by atoms with Gasteiger partial charge in [-0.05, 0) is 19.4 Å². The number of rotatable bonds is 10. The number of hydrogen-bond acceptors (Lipinski definition) is 3. The minimum atomic E-state index is -4.52. The Hall–Kier alpha value is -0.330. The molecule has 0 aromatic rings. The topological polar surface area (TPSA) is 30.5 Å². The Morgan fingerprint density at radius 1 is 1.00 bits per heavy atom. The van der Waals surface area contributed by atoms with E-state index in [-0.39, 0.29) is 13.2 Å². The molecule has 0 aliphatic heterocycles. The number of ether oxygens (including phenoxy) is 2. The number of hydrogen-bond donors (Lipinski definition) is 1. The van der Waals surface area contributed by atoms with Gasteiger partial charge in [0.2, 0.25) is 0 Å². The second kappa shape index (κ2) is 9.86. The van der Waals surface area contributed by atoms with Gasteiger partial charge >= 0.3 is 6.36 Å². The van der Waals surface area contributed by atoms with Crippen LogP contribution in [0.15, 0.2) is 0 Å². The van der Waals surface area contributed by atoms with Gasteiger partial charge in [-0.2, -0.15) is 0 Å². The van der Waals surface area contributed by atoms with Crippen molar-refractivity contribution in [2.45, 2.75) is 32.5 Å². The zero-order chi connectivity index (χ0) is 12.3. The quantitative estimate of drug-likeness (QED) is 0.597. The van der Waals surface area contributed by atoms with Crippen LogP contribution in [0.1, 0.15) is 26.2 Å². The molecule has 0 atom stereocenters. The van der Waals surface area contributed by atoms with E-state index in [4.69, 9.17) is 4.74 Å². The average Bonchev–Trinajstić information content (AvgIpc) is 2.19. The molecule has 0 saturated carbocycles. The van der Waals surface area contributed by atoms with Crippen LogP contribution in [-0.2, 0) is 9.47 Å². The van der Waals surface area contributed by atoms with Crippen LogP contribution in [0.25, 0.3) is 0 Å². The largest absolute Gasteiger partial charge is 0.522 e. The molecule has 0 fully saturated rings. The summed E-state index contributed by atoms with van der Waals surface area (Å²) in [4.78, 5) is 0. The van der Waals surface area contributed by atoms with E-state index in [0.717, 1.165) is 25.9 Å². The van der Waals surface area contributed by atoms with Crippen molar-refractivity contribution in [1.82, 2.24) is 5.32 Å². The SMILES string of the molecule is CCCCOCCCNCCOC(F)(F)F. The maximum absolute atomic E-state index is 11.5. The van der Waals surface area contributed by atoms with Gasteiger partial charge in [0, 0.05) is 19.8 Å². The van der Waals surface area contributed by atoms with Gasteiger partial charge in [0.25, 0.3) is 0 Å². The molecule has 0 aromatic heterocycles. The van der Waals surface area contributed by atoms with E-state index < -0.39 is 6.36 Å². The van der Waals surface area contributed by atoms with E-state index >= 15 is 0 Å². The number of alkyl halides is 3. The van der Waals surface area contributed by atoms with Crippen molar-refractivity contribution < 1.29 is 22.6 Å². The van der Waals surface area contributed by atoms with Gasteiger partial charge in [-0.25, -0.2) is 0 Å². The van der Waals surface area contributed by atoms with E-state index in [2.05, 4.69) is 17.0 Å². The summed E-state index contributed by atoms with van der Waals surface area (Å²) in [5, 5.41) is 2.84. The Bertz CT molecular complexity index is 153. The van der Waals surface area contributed by atoms with Crippen molar-refractivity contribution in [2.75, 3.05) is 32.9 Å². The van der Waals surface area contributed by atoms with Crippen LogP contribution in [0.5, 0.6) is 0 Å². The minimum absolute atomic E-state index is 0.203. The molecular weight excluding hydrogens is 223 g/mol. The van der Waals surface area contributed by atoms with Crippen LogP contribution >= 0.6 is 0 Å². The molecule has 0 unspecified atom stereocenters. The average molecular weight is 243 g/mol. The zero-order valence-electron chi connectivity index (χ0n) is 9.61. The first-order valence-corrected chi connectivity index (χ1v) is 5.55. The monoisotopic (exact) mass is 243 g/mol. The lowest BCUT2D eigenvalue weighted by atomic mass is 10.4. The summed E-state index contributed by atoms with van der Waals surface area (Å²) in [6.07, 6.45) is -1.57. The van der Waals surface area contributed by atoms with E-state index in [0.29, 0.717) is 13.2 Å². The molecule has 0 heterocycles. The molecule has 6 heteroatoms. The van der Waals surface area contributed by atoms with Crippen LogP contribution in [0.3, 0.4) is 0 Å². The molecule has 0 radical (unpaired) electrons. The van der Waals surface area contributed by atoms with Crippen LogP contribution in [0.2, 0.25) is 0 Å². The zero-order valence-corrected chi connectivity index (χ0v) is 9.61. The summed E-state index contributed by atoms with van der Waals surface area (Å²) in [6.45, 7) is 3.99. The fraction of sp³-hybridized carbons (Fsp3) is 1.00. The fourth-order valence-electron chi connectivity index (χ4n) is 1.01. The minimum Gasteiger partial charge on any atom is -0.381 e. The summed E-state index contributed by atoms with van der Waals surface area (Å²) >= 11 is 0. The maximum atomic E-state index is 11.5. The van der Waals surface area contributed by atoms with E-state index in [1.807, 2.05) is 0 Å². The van der Waals surface area contributed by atoms with Crippen molar-refractivity contribution in [3.8, 4) is 0 Å². The Morgan fingerprint density at radius 2 is 1.69 bits per heavy atom. The molecule has 98 valence electrons. The molecule has 0 aliphatic rings. The highest BCUT2D eigenvalue weighted by atomic mass is 19.4. The molecule has 0 rings (SSSR count). The Labute approximate surface area is 94.3 Å². The van der Waals surface area contributed by atoms with Gasteiger partial charge in [0.05, 0.1) is 6.61 Å². The first kappa shape index (κ1) is 15.7. The molecule has 16 heavy (non-hydrogen) atoms. The summed E-state index contributed by atoms with van der Waals surface area (Å²) in [5.41, 5.74) is 0. The second-order valence-electron chi connectivity index (χ2n) is 3.36. The molecule has 3 nitrogen and oxygen atoms in total. The molecular formula is C10H20F3NO2. The fourth-order valence-corrected chi connectivity index (χ4v) is 1.01. The van der Waals surface area contributed by atoms with Gasteiger partial charge in [0.1, 0.15) is 0 Å². The lowest BCUT2D eigenvalue weighted by Crippen LogP contribution is -2.25. The highest BCUT2D eigenvalue weighted by Gasteiger charge is 2.28. The van der Waals surface area contributed by atoms with Crippen molar-refractivity contribution in [2.24, 2.45) is 0 Å². The van der Waals surface area contributed by atoms with Crippen LogP contribution in [0, 0.1) is 0 Å². The molecule has 0 amide bonds. The van der Waals surface area contributed by atoms with Gasteiger partial charge in [-0.1, -0.05) is 13.3 Å². The summed E-state index contributed by atoms with van der Waals surface area (Å²) < 4.78 is 43.5. The van der Waals surface area contributed by atoms with Gasteiger partial charge in [0.15, 0.2) is 0 Å². The van der Waals surface area contributed by atoms with Crippen molar-refractivity contribution >= 4 is 0 Å². The lowest BCUT2D eigenvalue weighted by Gasteiger charge is -2.08. The molecule has 0 bridgehead atoms. The second-order valence-corrected chi connectivity index (χ2v) is 3.36. The lowest BCUT2D eigenvalue weighted by molar-refractivity contribution is -0.323. The normalized spacial score (nSPS) is 12.0. The Kier molecular flexibility index (Phi) is 9.66.